The van der Waals surface area contributed by atoms with Crippen molar-refractivity contribution in [2.45, 2.75) is 6.42 Å². The number of hydrogen-bond acceptors (Lipinski definition) is 4. The number of halogens is 1. The monoisotopic (exact) mass is 128 g/mol. The van der Waals surface area contributed by atoms with E-state index in [1.54, 1.807) is 0 Å². The molecule has 0 aromatic carbocycles. The quantitative estimate of drug-likeness (QED) is 0.278. The Morgan fingerprint density at radius 2 is 2.00 bits per heavy atom. The second kappa shape index (κ2) is 5.60. The minimum atomic E-state index is -1.66. The fraction of sp³-hybridized carbons (Fsp3) is 0.333. The Morgan fingerprint density at radius 1 is 1.56 bits per heavy atom. The fourth-order valence-electron chi connectivity index (χ4n) is 0.145. The average molecular weight is 128 g/mol. The Labute approximate surface area is 62.1 Å². The summed E-state index contributed by atoms with van der Waals surface area (Å²) in [5, 5.41) is 9.39. The average Bonchev–Trinajstić information content (AvgIpc) is 1.65. The number of carbonyl (C=O) groups excluding carboxylic acids is 2. The molecule has 0 aliphatic heterocycles. The van der Waals surface area contributed by atoms with Crippen LogP contribution in [-0.4, -0.2) is 11.9 Å². The van der Waals surface area contributed by atoms with Crippen LogP contribution >= 0.6 is 0 Å². The van der Waals surface area contributed by atoms with E-state index in [1.807, 2.05) is 0 Å². The maximum atomic E-state index is 10.6. The summed E-state index contributed by atoms with van der Waals surface area (Å²) in [6.07, 6.45) is -1.05. The maximum absolute atomic E-state index is 10.6. The predicted molar refractivity (Wildman–Crippen MR) is 16.8 cm³/mol. The molecular formula is C3H2FLiO4. The van der Waals surface area contributed by atoms with Crippen LogP contribution in [0.5, 0.6) is 0 Å². The van der Waals surface area contributed by atoms with Gasteiger partial charge in [-0.25, -0.2) is 4.79 Å². The molecule has 0 heterocycles. The first-order valence-electron chi connectivity index (χ1n) is 1.68. The fourth-order valence-corrected chi connectivity index (χ4v) is 0.145. The number of carboxylic acids is 1. The van der Waals surface area contributed by atoms with Crippen molar-refractivity contribution in [3.63, 3.8) is 0 Å². The van der Waals surface area contributed by atoms with Gasteiger partial charge in [0.15, 0.2) is 0 Å². The van der Waals surface area contributed by atoms with Crippen molar-refractivity contribution in [1.82, 2.24) is 0 Å². The van der Waals surface area contributed by atoms with Crippen molar-refractivity contribution in [2.75, 3.05) is 0 Å². The van der Waals surface area contributed by atoms with Gasteiger partial charge in [0.05, 0.1) is 12.4 Å². The van der Waals surface area contributed by atoms with Gasteiger partial charge in [0.2, 0.25) is 0 Å². The molecule has 0 atom stereocenters. The van der Waals surface area contributed by atoms with Gasteiger partial charge in [-0.3, -0.25) is 4.94 Å². The summed E-state index contributed by atoms with van der Waals surface area (Å²) in [5.41, 5.74) is 0. The van der Waals surface area contributed by atoms with Gasteiger partial charge in [-0.1, -0.05) is 0 Å². The second-order valence-electron chi connectivity index (χ2n) is 0.998. The summed E-state index contributed by atoms with van der Waals surface area (Å²) in [6, 6.07) is 0. The van der Waals surface area contributed by atoms with Crippen molar-refractivity contribution in [2.24, 2.45) is 0 Å². The van der Waals surface area contributed by atoms with Gasteiger partial charge in [0.1, 0.15) is 0 Å². The van der Waals surface area contributed by atoms with Crippen LogP contribution in [0.3, 0.4) is 0 Å². The summed E-state index contributed by atoms with van der Waals surface area (Å²) >= 11 is 0. The van der Waals surface area contributed by atoms with Crippen LogP contribution < -0.4 is 24.0 Å². The number of carboxylic acid groups (broad SMARTS) is 1. The van der Waals surface area contributed by atoms with E-state index >= 15 is 0 Å². The minimum Gasteiger partial charge on any atom is -0.550 e. The molecule has 4 nitrogen and oxygen atoms in total. The molecule has 0 rings (SSSR count). The summed E-state index contributed by atoms with van der Waals surface area (Å²) in [7, 11) is 0. The molecule has 0 aromatic heterocycles. The van der Waals surface area contributed by atoms with E-state index in [2.05, 4.69) is 4.94 Å². The second-order valence-corrected chi connectivity index (χ2v) is 0.998. The van der Waals surface area contributed by atoms with Crippen LogP contribution in [0.1, 0.15) is 6.42 Å². The molecule has 0 unspecified atom stereocenters. The van der Waals surface area contributed by atoms with Crippen LogP contribution in [0, 0.1) is 0 Å². The van der Waals surface area contributed by atoms with Crippen LogP contribution in [0.25, 0.3) is 0 Å². The zero-order valence-electron chi connectivity index (χ0n) is 4.72. The summed E-state index contributed by atoms with van der Waals surface area (Å²) < 4.78 is 10.6. The van der Waals surface area contributed by atoms with Gasteiger partial charge in [-0.05, 0) is 0 Å². The van der Waals surface area contributed by atoms with Crippen molar-refractivity contribution in [3.8, 4) is 0 Å². The Morgan fingerprint density at radius 3 is 2.11 bits per heavy atom. The van der Waals surface area contributed by atoms with Crippen LogP contribution in [0.4, 0.5) is 4.53 Å². The van der Waals surface area contributed by atoms with Crippen molar-refractivity contribution in [3.05, 3.63) is 0 Å². The maximum Gasteiger partial charge on any atom is 1.00 e. The Kier molecular flexibility index (Phi) is 7.03. The molecule has 0 aliphatic carbocycles. The Balaban J connectivity index is 0. The van der Waals surface area contributed by atoms with Gasteiger partial charge in [0.25, 0.3) is 0 Å². The standard InChI is InChI=1S/C3H3FO4.Li/c4-8-3(7)1-2(5)6;/h1H2,(H,5,6);/q;+1/p-1. The molecule has 0 bridgehead atoms. The molecule has 9 heavy (non-hydrogen) atoms. The molecule has 46 valence electrons. The molecule has 0 aromatic rings. The first-order valence-corrected chi connectivity index (χ1v) is 1.68. The summed E-state index contributed by atoms with van der Waals surface area (Å²) in [5.74, 6) is -3.11. The zero-order chi connectivity index (χ0) is 6.57. The van der Waals surface area contributed by atoms with E-state index in [0.29, 0.717) is 0 Å². The molecule has 0 saturated carbocycles. The molecule has 0 fully saturated rings. The molecule has 0 amide bonds. The normalized spacial score (nSPS) is 7.22. The van der Waals surface area contributed by atoms with Gasteiger partial charge in [-0.15, -0.1) is 0 Å². The predicted octanol–water partition coefficient (Wildman–Crippen LogP) is -4.44. The molecular weight excluding hydrogens is 126 g/mol. The van der Waals surface area contributed by atoms with Gasteiger partial charge >= 0.3 is 24.8 Å². The van der Waals surface area contributed by atoms with E-state index in [9.17, 15) is 19.2 Å². The van der Waals surface area contributed by atoms with Crippen LogP contribution in [0.2, 0.25) is 0 Å². The van der Waals surface area contributed by atoms with Crippen LogP contribution in [-0.2, 0) is 14.5 Å². The smallest absolute Gasteiger partial charge is 0.550 e. The molecule has 0 radical (unpaired) electrons. The molecule has 0 spiro atoms. The van der Waals surface area contributed by atoms with E-state index in [4.69, 9.17) is 0 Å². The van der Waals surface area contributed by atoms with Crippen molar-refractivity contribution >= 4 is 11.9 Å². The van der Waals surface area contributed by atoms with E-state index in [-0.39, 0.29) is 18.9 Å². The Bertz CT molecular complexity index is 114. The summed E-state index contributed by atoms with van der Waals surface area (Å²) in [4.78, 5) is 21.5. The molecule has 0 saturated heterocycles. The summed E-state index contributed by atoms with van der Waals surface area (Å²) in [6.45, 7) is 0. The van der Waals surface area contributed by atoms with Gasteiger partial charge in [0, 0.05) is 4.53 Å². The van der Waals surface area contributed by atoms with Crippen LogP contribution in [0.15, 0.2) is 0 Å². The van der Waals surface area contributed by atoms with Gasteiger partial charge in [-0.2, -0.15) is 0 Å². The third-order valence-corrected chi connectivity index (χ3v) is 0.375. The molecule has 0 aliphatic rings. The number of aliphatic carboxylic acids is 1. The third-order valence-electron chi connectivity index (χ3n) is 0.375. The van der Waals surface area contributed by atoms with Crippen molar-refractivity contribution < 1.29 is 43.0 Å². The van der Waals surface area contributed by atoms with E-state index in [1.165, 1.54) is 0 Å². The number of carbonyl (C=O) groups is 2. The van der Waals surface area contributed by atoms with E-state index in [0.717, 1.165) is 0 Å². The largest absolute Gasteiger partial charge is 1.00 e. The zero-order valence-corrected chi connectivity index (χ0v) is 4.72. The molecule has 0 N–H and O–H groups in total. The Hall–Kier alpha value is -0.533. The topological polar surface area (TPSA) is 66.4 Å². The SMILES string of the molecule is O=C([O-])CC(=O)OF.[Li+]. The van der Waals surface area contributed by atoms with Crippen molar-refractivity contribution in [1.29, 1.82) is 0 Å². The third kappa shape index (κ3) is 7.47. The van der Waals surface area contributed by atoms with E-state index < -0.39 is 18.4 Å². The number of hydrogen-bond donors (Lipinski definition) is 0. The minimum absolute atomic E-state index is 0. The first kappa shape index (κ1) is 11.3. The molecule has 6 heteroatoms. The van der Waals surface area contributed by atoms with Gasteiger partial charge < -0.3 is 9.90 Å². The number of rotatable bonds is 2. The first-order chi connectivity index (χ1) is 3.66.